The topological polar surface area (TPSA) is 112 Å². The highest BCUT2D eigenvalue weighted by atomic mass is 16.7. The number of nitrogens with one attached hydrogen (secondary N) is 1. The van der Waals surface area contributed by atoms with Crippen molar-refractivity contribution in [2.75, 3.05) is 6.79 Å². The highest BCUT2D eigenvalue weighted by Crippen LogP contribution is 2.34. The Morgan fingerprint density at radius 2 is 1.80 bits per heavy atom. The summed E-state index contributed by atoms with van der Waals surface area (Å²) < 4.78 is 13.0. The Morgan fingerprint density at radius 1 is 1.05 bits per heavy atom. The molecule has 6 rings (SSSR count). The van der Waals surface area contributed by atoms with E-state index in [0.29, 0.717) is 30.0 Å². The predicted molar refractivity (Wildman–Crippen MR) is 155 cm³/mol. The summed E-state index contributed by atoms with van der Waals surface area (Å²) in [6.45, 7) is 7.64. The van der Waals surface area contributed by atoms with Gasteiger partial charge in [0.2, 0.25) is 12.7 Å². The largest absolute Gasteiger partial charge is 0.454 e. The zero-order valence-corrected chi connectivity index (χ0v) is 24.1. The number of imidazole rings is 1. The molecule has 0 radical (unpaired) electrons. The van der Waals surface area contributed by atoms with Gasteiger partial charge in [-0.15, -0.1) is 0 Å². The maximum Gasteiger partial charge on any atom is 0.255 e. The number of nitrogens with two attached hydrogens (primary N) is 1. The summed E-state index contributed by atoms with van der Waals surface area (Å²) in [5.74, 6) is 0.730. The van der Waals surface area contributed by atoms with Gasteiger partial charge in [-0.25, -0.2) is 4.98 Å². The molecule has 9 heteroatoms. The van der Waals surface area contributed by atoms with Crippen LogP contribution in [0, 0.1) is 0 Å². The molecule has 0 saturated heterocycles. The Balaban J connectivity index is 1.28. The lowest BCUT2D eigenvalue weighted by atomic mass is 9.87. The van der Waals surface area contributed by atoms with Gasteiger partial charge in [0.05, 0.1) is 24.3 Å². The summed E-state index contributed by atoms with van der Waals surface area (Å²) >= 11 is 0. The van der Waals surface area contributed by atoms with Crippen LogP contribution in [0.1, 0.15) is 79.3 Å². The van der Waals surface area contributed by atoms with Crippen molar-refractivity contribution in [3.63, 3.8) is 0 Å². The van der Waals surface area contributed by atoms with E-state index in [1.54, 1.807) is 23.1 Å². The Morgan fingerprint density at radius 3 is 2.56 bits per heavy atom. The normalized spacial score (nSPS) is 21.9. The van der Waals surface area contributed by atoms with Crippen molar-refractivity contribution >= 4 is 11.8 Å². The first-order chi connectivity index (χ1) is 19.7. The highest BCUT2D eigenvalue weighted by molar-refractivity contribution is 5.98. The number of fused-ring (bicyclic) bond motifs is 2. The molecule has 3 N–H and O–H groups in total. The van der Waals surface area contributed by atoms with Gasteiger partial charge < -0.3 is 30.0 Å². The summed E-state index contributed by atoms with van der Waals surface area (Å²) in [6.07, 6.45) is 6.02. The van der Waals surface area contributed by atoms with Crippen LogP contribution in [0.5, 0.6) is 11.5 Å². The summed E-state index contributed by atoms with van der Waals surface area (Å²) in [5.41, 5.74) is 11.1. The van der Waals surface area contributed by atoms with Crippen LogP contribution in [0.3, 0.4) is 0 Å². The third-order valence-electron chi connectivity index (χ3n) is 8.62. The number of amides is 2. The number of carbonyl (C=O) groups is 2. The minimum absolute atomic E-state index is 0.0752. The number of nitrogens with zero attached hydrogens (tertiary/aromatic N) is 3. The second-order valence-corrected chi connectivity index (χ2v) is 12.5. The van der Waals surface area contributed by atoms with E-state index in [4.69, 9.17) is 20.2 Å². The van der Waals surface area contributed by atoms with Crippen molar-refractivity contribution in [1.29, 1.82) is 0 Å². The van der Waals surface area contributed by atoms with Gasteiger partial charge in [-0.3, -0.25) is 9.59 Å². The minimum atomic E-state index is -0.691. The number of benzene rings is 2. The average Bonchev–Trinajstić information content (AvgIpc) is 3.59. The molecule has 0 spiro atoms. The van der Waals surface area contributed by atoms with Crippen LogP contribution in [0.4, 0.5) is 0 Å². The maximum atomic E-state index is 14.0. The minimum Gasteiger partial charge on any atom is -0.454 e. The zero-order valence-electron chi connectivity index (χ0n) is 24.1. The summed E-state index contributed by atoms with van der Waals surface area (Å²) in [4.78, 5) is 34.1. The van der Waals surface area contributed by atoms with E-state index in [-0.39, 0.29) is 42.7 Å². The molecule has 3 aliphatic rings. The van der Waals surface area contributed by atoms with Gasteiger partial charge in [-0.05, 0) is 47.6 Å². The molecular formula is C32H39N5O4. The fourth-order valence-electron chi connectivity index (χ4n) is 6.07. The number of aromatic nitrogens is 2. The zero-order chi connectivity index (χ0) is 28.7. The Kier molecular flexibility index (Phi) is 7.23. The van der Waals surface area contributed by atoms with E-state index in [0.717, 1.165) is 42.6 Å². The van der Waals surface area contributed by atoms with Crippen LogP contribution >= 0.6 is 0 Å². The lowest BCUT2D eigenvalue weighted by molar-refractivity contribution is -0.127. The molecule has 1 saturated carbocycles. The number of hydrogen-bond acceptors (Lipinski definition) is 6. The molecule has 3 heterocycles. The van der Waals surface area contributed by atoms with Crippen molar-refractivity contribution in [3.8, 4) is 11.5 Å². The van der Waals surface area contributed by atoms with Crippen molar-refractivity contribution in [2.24, 2.45) is 5.73 Å². The van der Waals surface area contributed by atoms with Crippen molar-refractivity contribution in [2.45, 2.75) is 89.5 Å². The molecule has 0 bridgehead atoms. The van der Waals surface area contributed by atoms with E-state index in [1.165, 1.54) is 5.56 Å². The molecule has 2 aliphatic heterocycles. The SMILES string of the molecule is CC(C)(C)c1ccc(Cn2cnc3c2CN(C(=O)c2ccc4c(c2)OCO4)C(C(=O)NC2CCCCC2N)C3)cc1. The Bertz CT molecular complexity index is 1440. The lowest BCUT2D eigenvalue weighted by Crippen LogP contribution is -2.57. The van der Waals surface area contributed by atoms with Crippen LogP contribution < -0.4 is 20.5 Å². The van der Waals surface area contributed by atoms with Gasteiger partial charge in [0.15, 0.2) is 11.5 Å². The van der Waals surface area contributed by atoms with Crippen LogP contribution in [0.15, 0.2) is 48.8 Å². The predicted octanol–water partition coefficient (Wildman–Crippen LogP) is 3.91. The van der Waals surface area contributed by atoms with Crippen molar-refractivity contribution < 1.29 is 19.1 Å². The van der Waals surface area contributed by atoms with E-state index < -0.39 is 6.04 Å². The molecule has 2 aromatic carbocycles. The second-order valence-electron chi connectivity index (χ2n) is 12.5. The molecule has 1 aliphatic carbocycles. The van der Waals surface area contributed by atoms with Crippen LogP contribution in [-0.2, 0) is 29.7 Å². The molecule has 216 valence electrons. The lowest BCUT2D eigenvalue weighted by Gasteiger charge is -2.37. The third kappa shape index (κ3) is 5.55. The summed E-state index contributed by atoms with van der Waals surface area (Å²) in [5, 5.41) is 3.17. The smallest absolute Gasteiger partial charge is 0.255 e. The number of carbonyl (C=O) groups excluding carboxylic acids is 2. The quantitative estimate of drug-likeness (QED) is 0.492. The molecule has 1 aromatic heterocycles. The van der Waals surface area contributed by atoms with Crippen molar-refractivity contribution in [3.05, 3.63) is 76.9 Å². The Labute approximate surface area is 241 Å². The van der Waals surface area contributed by atoms with Crippen molar-refractivity contribution in [1.82, 2.24) is 19.8 Å². The van der Waals surface area contributed by atoms with Gasteiger partial charge >= 0.3 is 0 Å². The van der Waals surface area contributed by atoms with E-state index in [1.807, 2.05) is 6.33 Å². The van der Waals surface area contributed by atoms with Gasteiger partial charge in [0.1, 0.15) is 6.04 Å². The van der Waals surface area contributed by atoms with E-state index in [2.05, 4.69) is 54.9 Å². The summed E-state index contributed by atoms with van der Waals surface area (Å²) in [6, 6.07) is 12.9. The monoisotopic (exact) mass is 557 g/mol. The van der Waals surface area contributed by atoms with E-state index >= 15 is 0 Å². The molecule has 3 aromatic rings. The van der Waals surface area contributed by atoms with Gasteiger partial charge in [-0.1, -0.05) is 57.9 Å². The molecular weight excluding hydrogens is 518 g/mol. The highest BCUT2D eigenvalue weighted by Gasteiger charge is 2.39. The molecule has 3 atom stereocenters. The molecule has 2 amide bonds. The number of ether oxygens (including phenoxy) is 2. The first-order valence-electron chi connectivity index (χ1n) is 14.6. The van der Waals surface area contributed by atoms with Crippen LogP contribution in [0.25, 0.3) is 0 Å². The van der Waals surface area contributed by atoms with Gasteiger partial charge in [0, 0.05) is 30.6 Å². The molecule has 3 unspecified atom stereocenters. The average molecular weight is 558 g/mol. The first-order valence-corrected chi connectivity index (χ1v) is 14.6. The molecule has 1 fully saturated rings. The van der Waals surface area contributed by atoms with E-state index in [9.17, 15) is 9.59 Å². The standard InChI is InChI=1S/C32H39N5O4/c1-32(2,3)22-11-8-20(9-12-22)16-36-18-34-25-15-26(30(38)35-24-7-5-4-6-23(24)33)37(17-27(25)36)31(39)21-10-13-28-29(14-21)41-19-40-28/h8-14,18,23-24,26H,4-7,15-17,19,33H2,1-3H3,(H,35,38). The number of hydrogen-bond donors (Lipinski definition) is 2. The van der Waals surface area contributed by atoms with Gasteiger partial charge in [0.25, 0.3) is 5.91 Å². The first kappa shape index (κ1) is 27.3. The second kappa shape index (κ2) is 10.9. The maximum absolute atomic E-state index is 14.0. The Hall–Kier alpha value is -3.85. The van der Waals surface area contributed by atoms with Crippen LogP contribution in [-0.4, -0.2) is 51.2 Å². The fraction of sp³-hybridized carbons (Fsp3) is 0.469. The molecule has 9 nitrogen and oxygen atoms in total. The molecule has 41 heavy (non-hydrogen) atoms. The number of rotatable bonds is 5. The summed E-state index contributed by atoms with van der Waals surface area (Å²) in [7, 11) is 0. The van der Waals surface area contributed by atoms with Gasteiger partial charge in [-0.2, -0.15) is 0 Å². The fourth-order valence-corrected chi connectivity index (χ4v) is 6.07. The third-order valence-corrected chi connectivity index (χ3v) is 8.62. The van der Waals surface area contributed by atoms with Crippen LogP contribution in [0.2, 0.25) is 0 Å².